The number of amides is 3. The highest BCUT2D eigenvalue weighted by molar-refractivity contribution is 6.04. The molecule has 0 aromatic carbocycles. The van der Waals surface area contributed by atoms with Gasteiger partial charge in [0.1, 0.15) is 6.04 Å². The molecule has 2 rings (SSSR count). The van der Waals surface area contributed by atoms with Crippen molar-refractivity contribution in [1.82, 2.24) is 10.6 Å². The summed E-state index contributed by atoms with van der Waals surface area (Å²) in [4.78, 5) is 21.9. The van der Waals surface area contributed by atoms with Crippen molar-refractivity contribution in [1.29, 1.82) is 0 Å². The summed E-state index contributed by atoms with van der Waals surface area (Å²) >= 11 is 0. The van der Waals surface area contributed by atoms with Crippen LogP contribution in [-0.2, 0) is 9.53 Å². The van der Waals surface area contributed by atoms with Crippen molar-refractivity contribution in [2.24, 2.45) is 5.92 Å². The lowest BCUT2D eigenvalue weighted by molar-refractivity contribution is -0.121. The van der Waals surface area contributed by atoms with Gasteiger partial charge in [-0.2, -0.15) is 0 Å². The smallest absolute Gasteiger partial charge is 0.322 e. The van der Waals surface area contributed by atoms with Gasteiger partial charge < -0.3 is 10.1 Å². The minimum absolute atomic E-state index is 0.149. The molecule has 0 saturated carbocycles. The Morgan fingerprint density at radius 3 is 2.75 bits per heavy atom. The van der Waals surface area contributed by atoms with Gasteiger partial charge in [0, 0.05) is 12.5 Å². The van der Waals surface area contributed by atoms with Crippen LogP contribution in [0.25, 0.3) is 0 Å². The van der Waals surface area contributed by atoms with Crippen LogP contribution < -0.4 is 10.6 Å². The Labute approximate surface area is 69.5 Å². The molecule has 2 atom stereocenters. The molecule has 2 aliphatic heterocycles. The van der Waals surface area contributed by atoms with Crippen LogP contribution in [0.4, 0.5) is 4.79 Å². The maximum absolute atomic E-state index is 11.1. The summed E-state index contributed by atoms with van der Waals surface area (Å²) < 4.78 is 5.12. The van der Waals surface area contributed by atoms with E-state index in [1.807, 2.05) is 0 Å². The average molecular weight is 170 g/mol. The van der Waals surface area contributed by atoms with Crippen LogP contribution in [0.2, 0.25) is 0 Å². The molecule has 3 amide bonds. The van der Waals surface area contributed by atoms with Crippen molar-refractivity contribution < 1.29 is 14.3 Å². The molecule has 2 aliphatic rings. The molecule has 0 radical (unpaired) electrons. The third-order valence-corrected chi connectivity index (χ3v) is 2.24. The third-order valence-electron chi connectivity index (χ3n) is 2.24. The van der Waals surface area contributed by atoms with Gasteiger partial charge in [0.25, 0.3) is 5.91 Å². The van der Waals surface area contributed by atoms with Crippen LogP contribution >= 0.6 is 0 Å². The monoisotopic (exact) mass is 170 g/mol. The van der Waals surface area contributed by atoms with Crippen molar-refractivity contribution in [2.45, 2.75) is 12.5 Å². The standard InChI is InChI=1S/C7H10N2O3/c10-6-5(8-7(11)9-6)4-1-2-12-3-4/h4-5H,1-3H2,(H2,8,9,10,11). The minimum atomic E-state index is -0.392. The Morgan fingerprint density at radius 1 is 1.42 bits per heavy atom. The molecule has 2 unspecified atom stereocenters. The number of hydrogen-bond acceptors (Lipinski definition) is 3. The normalized spacial score (nSPS) is 35.0. The fraction of sp³-hybridized carbons (Fsp3) is 0.714. The average Bonchev–Trinajstić information content (AvgIpc) is 2.58. The van der Waals surface area contributed by atoms with E-state index in [0.29, 0.717) is 13.2 Å². The molecule has 2 saturated heterocycles. The first-order valence-electron chi connectivity index (χ1n) is 3.96. The number of imide groups is 1. The van der Waals surface area contributed by atoms with Gasteiger partial charge in [0.05, 0.1) is 6.61 Å². The fourth-order valence-electron chi connectivity index (χ4n) is 1.58. The van der Waals surface area contributed by atoms with Gasteiger partial charge in [-0.3, -0.25) is 10.1 Å². The lowest BCUT2D eigenvalue weighted by Gasteiger charge is -2.12. The molecule has 5 heteroatoms. The van der Waals surface area contributed by atoms with Gasteiger partial charge in [-0.25, -0.2) is 4.79 Å². The molecule has 2 heterocycles. The summed E-state index contributed by atoms with van der Waals surface area (Å²) in [7, 11) is 0. The Morgan fingerprint density at radius 2 is 2.25 bits per heavy atom. The van der Waals surface area contributed by atoms with Crippen molar-refractivity contribution in [3.8, 4) is 0 Å². The molecule has 2 fully saturated rings. The van der Waals surface area contributed by atoms with Crippen LogP contribution in [0, 0.1) is 5.92 Å². The molecule has 0 bridgehead atoms. The quantitative estimate of drug-likeness (QED) is 0.508. The second-order valence-corrected chi connectivity index (χ2v) is 3.06. The molecule has 5 nitrogen and oxygen atoms in total. The molecular weight excluding hydrogens is 160 g/mol. The summed E-state index contributed by atoms with van der Waals surface area (Å²) in [5.41, 5.74) is 0. The Bertz CT molecular complexity index is 223. The number of urea groups is 1. The van der Waals surface area contributed by atoms with Crippen LogP contribution in [0.1, 0.15) is 6.42 Å². The predicted octanol–water partition coefficient (Wildman–Crippen LogP) is -0.769. The Balaban J connectivity index is 2.03. The first-order chi connectivity index (χ1) is 5.77. The van der Waals surface area contributed by atoms with Gasteiger partial charge in [-0.1, -0.05) is 0 Å². The highest BCUT2D eigenvalue weighted by atomic mass is 16.5. The molecular formula is C7H10N2O3. The van der Waals surface area contributed by atoms with Crippen LogP contribution in [-0.4, -0.2) is 31.2 Å². The van der Waals surface area contributed by atoms with Crippen molar-refractivity contribution in [2.75, 3.05) is 13.2 Å². The summed E-state index contributed by atoms with van der Waals surface area (Å²) in [5, 5.41) is 4.77. The zero-order valence-corrected chi connectivity index (χ0v) is 6.50. The third kappa shape index (κ3) is 1.16. The number of carbonyl (C=O) groups is 2. The molecule has 0 aliphatic carbocycles. The van der Waals surface area contributed by atoms with E-state index in [0.717, 1.165) is 6.42 Å². The Hall–Kier alpha value is -1.10. The van der Waals surface area contributed by atoms with Crippen molar-refractivity contribution in [3.63, 3.8) is 0 Å². The first-order valence-corrected chi connectivity index (χ1v) is 3.96. The van der Waals surface area contributed by atoms with E-state index >= 15 is 0 Å². The van der Waals surface area contributed by atoms with Gasteiger partial charge >= 0.3 is 6.03 Å². The zero-order valence-electron chi connectivity index (χ0n) is 6.50. The molecule has 0 aromatic heterocycles. The minimum Gasteiger partial charge on any atom is -0.381 e. The van der Waals surface area contributed by atoms with E-state index in [-0.39, 0.29) is 17.9 Å². The number of ether oxygens (including phenoxy) is 1. The van der Waals surface area contributed by atoms with Gasteiger partial charge in [0.15, 0.2) is 0 Å². The van der Waals surface area contributed by atoms with E-state index in [2.05, 4.69) is 10.6 Å². The maximum atomic E-state index is 11.1. The Kier molecular flexibility index (Phi) is 1.73. The number of carbonyl (C=O) groups excluding carboxylic acids is 2. The second-order valence-electron chi connectivity index (χ2n) is 3.06. The maximum Gasteiger partial charge on any atom is 0.322 e. The SMILES string of the molecule is O=C1NC(=O)C(C2CCOC2)N1. The summed E-state index contributed by atoms with van der Waals surface area (Å²) in [6.07, 6.45) is 0.846. The summed E-state index contributed by atoms with van der Waals surface area (Å²) in [6, 6.07) is -0.767. The van der Waals surface area contributed by atoms with Crippen molar-refractivity contribution >= 4 is 11.9 Å². The summed E-state index contributed by atoms with van der Waals surface area (Å²) in [6.45, 7) is 1.25. The molecule has 0 spiro atoms. The van der Waals surface area contributed by atoms with Gasteiger partial charge in [0.2, 0.25) is 0 Å². The largest absolute Gasteiger partial charge is 0.381 e. The highest BCUT2D eigenvalue weighted by Crippen LogP contribution is 2.18. The van der Waals surface area contributed by atoms with Crippen molar-refractivity contribution in [3.05, 3.63) is 0 Å². The number of rotatable bonds is 1. The zero-order chi connectivity index (χ0) is 8.55. The molecule has 2 N–H and O–H groups in total. The fourth-order valence-corrected chi connectivity index (χ4v) is 1.58. The van der Waals surface area contributed by atoms with E-state index < -0.39 is 6.03 Å². The highest BCUT2D eigenvalue weighted by Gasteiger charge is 2.37. The van der Waals surface area contributed by atoms with Crippen LogP contribution in [0.3, 0.4) is 0 Å². The lowest BCUT2D eigenvalue weighted by Crippen LogP contribution is -2.37. The number of nitrogens with one attached hydrogen (secondary N) is 2. The second kappa shape index (κ2) is 2.75. The van der Waals surface area contributed by atoms with Gasteiger partial charge in [-0.15, -0.1) is 0 Å². The van der Waals surface area contributed by atoms with E-state index in [9.17, 15) is 9.59 Å². The first kappa shape index (κ1) is 7.54. The number of hydrogen-bond donors (Lipinski definition) is 2. The summed E-state index contributed by atoms with van der Waals surface area (Å²) in [5.74, 6) is -0.0769. The van der Waals surface area contributed by atoms with Gasteiger partial charge in [-0.05, 0) is 6.42 Å². The topological polar surface area (TPSA) is 67.4 Å². The van der Waals surface area contributed by atoms with E-state index in [4.69, 9.17) is 4.74 Å². The molecule has 0 aromatic rings. The lowest BCUT2D eigenvalue weighted by atomic mass is 10.00. The predicted molar refractivity (Wildman–Crippen MR) is 39.4 cm³/mol. The van der Waals surface area contributed by atoms with E-state index in [1.165, 1.54) is 0 Å². The molecule has 12 heavy (non-hydrogen) atoms. The molecule has 66 valence electrons. The van der Waals surface area contributed by atoms with E-state index in [1.54, 1.807) is 0 Å². The van der Waals surface area contributed by atoms with Crippen LogP contribution in [0.5, 0.6) is 0 Å². The van der Waals surface area contributed by atoms with Crippen LogP contribution in [0.15, 0.2) is 0 Å².